The fraction of sp³-hybridized carbons (Fsp3) is 0.519. The van der Waals surface area contributed by atoms with Crippen molar-refractivity contribution in [3.63, 3.8) is 0 Å². The van der Waals surface area contributed by atoms with E-state index in [1.54, 1.807) is 0 Å². The molecule has 0 unspecified atom stereocenters. The summed E-state index contributed by atoms with van der Waals surface area (Å²) in [5.74, 6) is 0.201. The van der Waals surface area contributed by atoms with Gasteiger partial charge in [-0.25, -0.2) is 9.78 Å². The second kappa shape index (κ2) is 11.9. The van der Waals surface area contributed by atoms with Crippen molar-refractivity contribution in [3.05, 3.63) is 53.2 Å². The van der Waals surface area contributed by atoms with Crippen molar-refractivity contribution in [1.82, 2.24) is 10.3 Å². The lowest BCUT2D eigenvalue weighted by Crippen LogP contribution is -2.43. The molecule has 0 saturated heterocycles. The van der Waals surface area contributed by atoms with E-state index in [4.69, 9.17) is 9.72 Å². The van der Waals surface area contributed by atoms with Gasteiger partial charge in [0.1, 0.15) is 17.6 Å². The second-order valence-electron chi connectivity index (χ2n) is 9.27. The minimum atomic E-state index is -0.971. The molecule has 2 aromatic rings. The third kappa shape index (κ3) is 6.27. The molecule has 0 spiro atoms. The summed E-state index contributed by atoms with van der Waals surface area (Å²) in [7, 11) is 0. The molecule has 0 radical (unpaired) electrons. The molecule has 1 aromatic heterocycles. The minimum absolute atomic E-state index is 0.227. The number of carboxylic acids is 1. The maximum atomic E-state index is 12.8. The van der Waals surface area contributed by atoms with Crippen molar-refractivity contribution < 1.29 is 19.4 Å². The Morgan fingerprint density at radius 1 is 1.12 bits per heavy atom. The fourth-order valence-corrected chi connectivity index (χ4v) is 4.84. The second-order valence-corrected chi connectivity index (χ2v) is 9.27. The molecule has 7 nitrogen and oxygen atoms in total. The summed E-state index contributed by atoms with van der Waals surface area (Å²) < 4.78 is 5.62. The number of pyridine rings is 1. The number of benzene rings is 1. The first-order valence-electron chi connectivity index (χ1n) is 12.6. The van der Waals surface area contributed by atoms with Gasteiger partial charge in [0.15, 0.2) is 0 Å². The van der Waals surface area contributed by atoms with E-state index in [0.29, 0.717) is 25.2 Å². The molecule has 0 saturated carbocycles. The van der Waals surface area contributed by atoms with E-state index in [9.17, 15) is 14.7 Å². The Morgan fingerprint density at radius 2 is 1.94 bits per heavy atom. The smallest absolute Gasteiger partial charge is 0.326 e. The normalized spacial score (nSPS) is 17.5. The van der Waals surface area contributed by atoms with Gasteiger partial charge in [0.25, 0.3) is 0 Å². The number of hydrogen-bond donors (Lipinski definition) is 3. The van der Waals surface area contributed by atoms with E-state index in [-0.39, 0.29) is 11.8 Å². The lowest BCUT2D eigenvalue weighted by Gasteiger charge is -2.26. The van der Waals surface area contributed by atoms with Gasteiger partial charge in [-0.3, -0.25) is 4.79 Å². The maximum absolute atomic E-state index is 12.8. The van der Waals surface area contributed by atoms with Gasteiger partial charge >= 0.3 is 5.97 Å². The first kappa shape index (κ1) is 24.0. The van der Waals surface area contributed by atoms with Gasteiger partial charge in [0.2, 0.25) is 5.91 Å². The third-order valence-corrected chi connectivity index (χ3v) is 6.77. The van der Waals surface area contributed by atoms with Crippen LogP contribution in [0.4, 0.5) is 5.82 Å². The van der Waals surface area contributed by atoms with Crippen molar-refractivity contribution in [1.29, 1.82) is 0 Å². The molecule has 2 atom stereocenters. The molecule has 182 valence electrons. The number of amides is 1. The molecule has 4 rings (SSSR count). The summed E-state index contributed by atoms with van der Waals surface area (Å²) in [5, 5.41) is 15.8. The number of nitrogens with zero attached hydrogens (tertiary/aromatic N) is 1. The predicted octanol–water partition coefficient (Wildman–Crippen LogP) is 4.46. The summed E-state index contributed by atoms with van der Waals surface area (Å²) in [5.41, 5.74) is 3.28. The maximum Gasteiger partial charge on any atom is 0.326 e. The van der Waals surface area contributed by atoms with Gasteiger partial charge in [0, 0.05) is 17.8 Å². The quantitative estimate of drug-likeness (QED) is 0.424. The van der Waals surface area contributed by atoms with Gasteiger partial charge < -0.3 is 20.5 Å². The summed E-state index contributed by atoms with van der Waals surface area (Å²) in [6.07, 6.45) is 9.21. The summed E-state index contributed by atoms with van der Waals surface area (Å²) >= 11 is 0. The lowest BCUT2D eigenvalue weighted by molar-refractivity contribution is -0.142. The molecule has 3 heterocycles. The van der Waals surface area contributed by atoms with E-state index < -0.39 is 12.0 Å². The number of aryl methyl sites for hydroxylation is 2. The predicted molar refractivity (Wildman–Crippen MR) is 131 cm³/mol. The summed E-state index contributed by atoms with van der Waals surface area (Å²) in [6, 6.07) is 11.0. The first-order valence-corrected chi connectivity index (χ1v) is 12.6. The van der Waals surface area contributed by atoms with Crippen LogP contribution in [0.25, 0.3) is 0 Å². The van der Waals surface area contributed by atoms with E-state index in [2.05, 4.69) is 22.8 Å². The highest BCUT2D eigenvalue weighted by atomic mass is 16.5. The number of ether oxygens (including phenoxy) is 1. The number of hydrogen-bond acceptors (Lipinski definition) is 5. The summed E-state index contributed by atoms with van der Waals surface area (Å²) in [4.78, 5) is 29.3. The monoisotopic (exact) mass is 465 g/mol. The third-order valence-electron chi connectivity index (χ3n) is 6.77. The fourth-order valence-electron chi connectivity index (χ4n) is 4.84. The number of para-hydroxylation sites is 1. The van der Waals surface area contributed by atoms with Crippen LogP contribution in [0.15, 0.2) is 36.4 Å². The highest BCUT2D eigenvalue weighted by Gasteiger charge is 2.30. The Kier molecular flexibility index (Phi) is 8.39. The van der Waals surface area contributed by atoms with Crippen molar-refractivity contribution in [3.8, 4) is 5.75 Å². The number of nitrogens with one attached hydrogen (secondary N) is 2. The van der Waals surface area contributed by atoms with Crippen LogP contribution >= 0.6 is 0 Å². The van der Waals surface area contributed by atoms with Crippen molar-refractivity contribution >= 4 is 17.7 Å². The van der Waals surface area contributed by atoms with Crippen LogP contribution in [-0.4, -0.2) is 41.2 Å². The molecule has 0 fully saturated rings. The molecular weight excluding hydrogens is 430 g/mol. The molecule has 2 aliphatic rings. The van der Waals surface area contributed by atoms with Crippen LogP contribution in [0.1, 0.15) is 74.1 Å². The average molecular weight is 466 g/mol. The Balaban J connectivity index is 1.15. The van der Waals surface area contributed by atoms with Crippen LogP contribution in [0.3, 0.4) is 0 Å². The van der Waals surface area contributed by atoms with Crippen LogP contribution < -0.4 is 15.4 Å². The van der Waals surface area contributed by atoms with Gasteiger partial charge in [-0.05, 0) is 56.2 Å². The minimum Gasteiger partial charge on any atom is -0.493 e. The highest BCUT2D eigenvalue weighted by Crippen LogP contribution is 2.33. The topological polar surface area (TPSA) is 101 Å². The Hall–Kier alpha value is -3.09. The average Bonchev–Trinajstić information content (AvgIpc) is 2.86. The number of carbonyl (C=O) groups is 2. The number of carbonyl (C=O) groups excluding carboxylic acids is 1. The van der Waals surface area contributed by atoms with E-state index in [1.807, 2.05) is 24.3 Å². The van der Waals surface area contributed by atoms with Crippen LogP contribution in [0.5, 0.6) is 5.75 Å². The molecule has 7 heteroatoms. The Morgan fingerprint density at radius 3 is 2.82 bits per heavy atom. The zero-order valence-corrected chi connectivity index (χ0v) is 19.7. The number of aliphatic carboxylic acids is 1. The molecule has 0 aliphatic carbocycles. The van der Waals surface area contributed by atoms with Gasteiger partial charge in [0.05, 0.1) is 12.5 Å². The van der Waals surface area contributed by atoms with Crippen LogP contribution in [0.2, 0.25) is 0 Å². The molecular formula is C27H35N3O4. The van der Waals surface area contributed by atoms with Gasteiger partial charge in [-0.1, -0.05) is 49.9 Å². The first-order chi connectivity index (χ1) is 16.6. The molecule has 2 aliphatic heterocycles. The van der Waals surface area contributed by atoms with E-state index in [1.165, 1.54) is 12.0 Å². The largest absolute Gasteiger partial charge is 0.493 e. The Bertz CT molecular complexity index is 994. The molecule has 3 N–H and O–H groups in total. The number of unbranched alkanes of at least 4 members (excludes halogenated alkanes) is 4. The zero-order valence-electron chi connectivity index (χ0n) is 19.7. The van der Waals surface area contributed by atoms with Crippen molar-refractivity contribution in [2.45, 2.75) is 76.2 Å². The summed E-state index contributed by atoms with van der Waals surface area (Å²) in [6.45, 7) is 1.47. The number of carboxylic acid groups (broad SMARTS) is 1. The number of fused-ring (bicyclic) bond motifs is 2. The number of rotatable bonds is 11. The van der Waals surface area contributed by atoms with Gasteiger partial charge in [-0.15, -0.1) is 0 Å². The lowest BCUT2D eigenvalue weighted by atomic mass is 9.92. The number of aromatic nitrogens is 1. The standard InChI is InChI=1S/C27H35N3O4/c31-26(22-16-18-34-24-13-7-6-11-21(22)24)30-23(27(32)33)12-5-3-1-2-4-10-20-15-14-19-9-8-17-28-25(19)29-20/h6-7,11,13-15,22-23H,1-5,8-10,12,16-18H2,(H,28,29)(H,30,31)(H,32,33)/t22-,23+/m1/s1. The van der Waals surface area contributed by atoms with E-state index >= 15 is 0 Å². The zero-order chi connectivity index (χ0) is 23.8. The number of anilines is 1. The van der Waals surface area contributed by atoms with Crippen molar-refractivity contribution in [2.24, 2.45) is 0 Å². The van der Waals surface area contributed by atoms with Crippen LogP contribution in [-0.2, 0) is 22.4 Å². The molecule has 0 bridgehead atoms. The van der Waals surface area contributed by atoms with Gasteiger partial charge in [-0.2, -0.15) is 0 Å². The molecule has 1 aromatic carbocycles. The SMILES string of the molecule is O=C(O)[C@H](CCCCCCCc1ccc2c(n1)NCCC2)NC(=O)[C@@H]1CCOc2ccccc21. The molecule has 34 heavy (non-hydrogen) atoms. The van der Waals surface area contributed by atoms with Crippen LogP contribution in [0, 0.1) is 0 Å². The molecule has 1 amide bonds. The Labute approximate surface area is 201 Å². The van der Waals surface area contributed by atoms with Crippen molar-refractivity contribution in [2.75, 3.05) is 18.5 Å². The van der Waals surface area contributed by atoms with E-state index in [0.717, 1.165) is 68.6 Å². The highest BCUT2D eigenvalue weighted by molar-refractivity contribution is 5.88.